The van der Waals surface area contributed by atoms with Crippen molar-refractivity contribution in [3.05, 3.63) is 16.4 Å². The van der Waals surface area contributed by atoms with Crippen LogP contribution in [0.3, 0.4) is 0 Å². The monoisotopic (exact) mass is 354 g/mol. The van der Waals surface area contributed by atoms with Crippen LogP contribution in [-0.4, -0.2) is 28.8 Å². The predicted octanol–water partition coefficient (Wildman–Crippen LogP) is 3.52. The zero-order chi connectivity index (χ0) is 14.4. The third-order valence-electron chi connectivity index (χ3n) is 3.90. The lowest BCUT2D eigenvalue weighted by molar-refractivity contribution is -0.183. The molecule has 4 nitrogen and oxygen atoms in total. The maximum Gasteiger partial charge on any atom is 0.434 e. The Balaban J connectivity index is 1.79. The first kappa shape index (κ1) is 14.3. The molecule has 0 bridgehead atoms. The molecular weight excluding hydrogens is 341 g/mol. The minimum atomic E-state index is -4.41. The molecule has 1 aliphatic carbocycles. The van der Waals surface area contributed by atoms with Crippen LogP contribution in [0.5, 0.6) is 0 Å². The Hall–Kier alpha value is -0.600. The number of hydrogen-bond acceptors (Lipinski definition) is 3. The molecule has 1 aromatic heterocycles. The summed E-state index contributed by atoms with van der Waals surface area (Å²) in [7, 11) is 0. The molecule has 0 radical (unpaired) electrons. The van der Waals surface area contributed by atoms with E-state index in [1.807, 2.05) is 0 Å². The van der Waals surface area contributed by atoms with Crippen LogP contribution in [0, 0.1) is 0 Å². The standard InChI is InChI=1S/C12H14BrF3N2O2/c13-9-7-17-18(10(9)12(14,15)16)8-1-3-11(4-2-8)19-5-6-20-11/h7-8H,1-6H2. The summed E-state index contributed by atoms with van der Waals surface area (Å²) in [6.07, 6.45) is -0.867. The van der Waals surface area contributed by atoms with E-state index < -0.39 is 17.7 Å². The summed E-state index contributed by atoms with van der Waals surface area (Å²) in [5.41, 5.74) is -0.716. The van der Waals surface area contributed by atoms with E-state index in [2.05, 4.69) is 21.0 Å². The second kappa shape index (κ2) is 4.99. The molecule has 3 rings (SSSR count). The smallest absolute Gasteiger partial charge is 0.348 e. The van der Waals surface area contributed by atoms with E-state index >= 15 is 0 Å². The van der Waals surface area contributed by atoms with Gasteiger partial charge in [-0.1, -0.05) is 0 Å². The van der Waals surface area contributed by atoms with Gasteiger partial charge in [-0.15, -0.1) is 0 Å². The highest BCUT2D eigenvalue weighted by Crippen LogP contribution is 2.43. The van der Waals surface area contributed by atoms with Crippen LogP contribution < -0.4 is 0 Å². The third kappa shape index (κ3) is 2.48. The van der Waals surface area contributed by atoms with Crippen molar-refractivity contribution in [1.82, 2.24) is 9.78 Å². The lowest BCUT2D eigenvalue weighted by atomic mass is 9.90. The topological polar surface area (TPSA) is 36.3 Å². The molecule has 0 amide bonds. The number of ether oxygens (including phenoxy) is 2. The van der Waals surface area contributed by atoms with Crippen LogP contribution in [0.2, 0.25) is 0 Å². The maximum atomic E-state index is 13.1. The van der Waals surface area contributed by atoms with E-state index in [4.69, 9.17) is 9.47 Å². The van der Waals surface area contributed by atoms with Crippen molar-refractivity contribution in [3.8, 4) is 0 Å². The average molecular weight is 355 g/mol. The van der Waals surface area contributed by atoms with E-state index in [1.54, 1.807) is 0 Å². The normalized spacial score (nSPS) is 23.6. The van der Waals surface area contributed by atoms with Gasteiger partial charge in [-0.3, -0.25) is 4.68 Å². The van der Waals surface area contributed by atoms with Crippen LogP contribution in [0.4, 0.5) is 13.2 Å². The fourth-order valence-corrected chi connectivity index (χ4v) is 3.45. The van der Waals surface area contributed by atoms with E-state index in [1.165, 1.54) is 6.20 Å². The van der Waals surface area contributed by atoms with Crippen molar-refractivity contribution < 1.29 is 22.6 Å². The molecule has 2 aliphatic rings. The van der Waals surface area contributed by atoms with Gasteiger partial charge in [0.1, 0.15) is 0 Å². The van der Waals surface area contributed by atoms with Crippen LogP contribution in [0.15, 0.2) is 10.7 Å². The first-order valence-corrected chi connectivity index (χ1v) is 7.29. The van der Waals surface area contributed by atoms with Crippen LogP contribution in [0.25, 0.3) is 0 Å². The van der Waals surface area contributed by atoms with E-state index in [-0.39, 0.29) is 10.5 Å². The zero-order valence-corrected chi connectivity index (χ0v) is 12.2. The second-order valence-electron chi connectivity index (χ2n) is 5.12. The first-order valence-electron chi connectivity index (χ1n) is 6.49. The molecule has 1 saturated carbocycles. The van der Waals surface area contributed by atoms with Gasteiger partial charge in [-0.05, 0) is 28.8 Å². The molecular formula is C12H14BrF3N2O2. The maximum absolute atomic E-state index is 13.1. The average Bonchev–Trinajstić information content (AvgIpc) is 2.97. The SMILES string of the molecule is FC(F)(F)c1c(Br)cnn1C1CCC2(CC1)OCCO2. The molecule has 1 saturated heterocycles. The van der Waals surface area contributed by atoms with Crippen LogP contribution in [0.1, 0.15) is 37.4 Å². The van der Waals surface area contributed by atoms with Crippen molar-refractivity contribution in [3.63, 3.8) is 0 Å². The third-order valence-corrected chi connectivity index (χ3v) is 4.48. The van der Waals surface area contributed by atoms with E-state index in [0.29, 0.717) is 38.9 Å². The molecule has 8 heteroatoms. The second-order valence-corrected chi connectivity index (χ2v) is 5.98. The largest absolute Gasteiger partial charge is 0.434 e. The summed E-state index contributed by atoms with van der Waals surface area (Å²) in [5.74, 6) is -0.570. The lowest BCUT2D eigenvalue weighted by Crippen LogP contribution is -2.36. The molecule has 2 fully saturated rings. The highest BCUT2D eigenvalue weighted by molar-refractivity contribution is 9.10. The van der Waals surface area contributed by atoms with Gasteiger partial charge >= 0.3 is 6.18 Å². The van der Waals surface area contributed by atoms with Crippen molar-refractivity contribution in [1.29, 1.82) is 0 Å². The molecule has 0 aromatic carbocycles. The van der Waals surface area contributed by atoms with Gasteiger partial charge in [0.05, 0.1) is 29.9 Å². The molecule has 1 aliphatic heterocycles. The summed E-state index contributed by atoms with van der Waals surface area (Å²) in [6, 6.07) is -0.267. The number of alkyl halides is 3. The number of aromatic nitrogens is 2. The molecule has 112 valence electrons. The molecule has 0 atom stereocenters. The number of halogens is 4. The molecule has 2 heterocycles. The van der Waals surface area contributed by atoms with Gasteiger partial charge in [0.2, 0.25) is 0 Å². The van der Waals surface area contributed by atoms with Gasteiger partial charge in [0.25, 0.3) is 0 Å². The van der Waals surface area contributed by atoms with Crippen molar-refractivity contribution in [2.45, 2.75) is 43.7 Å². The number of nitrogens with zero attached hydrogens (tertiary/aromatic N) is 2. The Morgan fingerprint density at radius 3 is 2.40 bits per heavy atom. The fraction of sp³-hybridized carbons (Fsp3) is 0.750. The van der Waals surface area contributed by atoms with E-state index in [9.17, 15) is 13.2 Å². The summed E-state index contributed by atoms with van der Waals surface area (Å²) >= 11 is 2.93. The van der Waals surface area contributed by atoms with Gasteiger partial charge in [-0.2, -0.15) is 18.3 Å². The Bertz CT molecular complexity index is 487. The summed E-state index contributed by atoms with van der Waals surface area (Å²) < 4.78 is 51.4. The summed E-state index contributed by atoms with van der Waals surface area (Å²) in [6.45, 7) is 1.12. The van der Waals surface area contributed by atoms with Crippen LogP contribution >= 0.6 is 15.9 Å². The highest BCUT2D eigenvalue weighted by atomic mass is 79.9. The molecule has 1 spiro atoms. The zero-order valence-electron chi connectivity index (χ0n) is 10.6. The lowest BCUT2D eigenvalue weighted by Gasteiger charge is -2.35. The number of rotatable bonds is 1. The van der Waals surface area contributed by atoms with E-state index in [0.717, 1.165) is 4.68 Å². The van der Waals surface area contributed by atoms with Crippen molar-refractivity contribution >= 4 is 15.9 Å². The van der Waals surface area contributed by atoms with Gasteiger partial charge in [0, 0.05) is 12.8 Å². The summed E-state index contributed by atoms with van der Waals surface area (Å²) in [4.78, 5) is 0. The highest BCUT2D eigenvalue weighted by Gasteiger charge is 2.44. The summed E-state index contributed by atoms with van der Waals surface area (Å²) in [5, 5.41) is 3.89. The van der Waals surface area contributed by atoms with Crippen molar-refractivity contribution in [2.24, 2.45) is 0 Å². The fourth-order valence-electron chi connectivity index (χ4n) is 2.96. The Kier molecular flexibility index (Phi) is 3.58. The molecule has 0 N–H and O–H groups in total. The quantitative estimate of drug-likeness (QED) is 0.774. The predicted molar refractivity (Wildman–Crippen MR) is 67.1 cm³/mol. The number of hydrogen-bond donors (Lipinski definition) is 0. The Labute approximate surface area is 122 Å². The first-order chi connectivity index (χ1) is 9.41. The molecule has 20 heavy (non-hydrogen) atoms. The Morgan fingerprint density at radius 1 is 1.25 bits per heavy atom. The van der Waals surface area contributed by atoms with Gasteiger partial charge < -0.3 is 9.47 Å². The minimum Gasteiger partial charge on any atom is -0.348 e. The molecule has 1 aromatic rings. The minimum absolute atomic E-state index is 0.0151. The Morgan fingerprint density at radius 2 is 1.85 bits per heavy atom. The van der Waals surface area contributed by atoms with Crippen LogP contribution in [-0.2, 0) is 15.7 Å². The van der Waals surface area contributed by atoms with Crippen molar-refractivity contribution in [2.75, 3.05) is 13.2 Å². The van der Waals surface area contributed by atoms with Gasteiger partial charge in [-0.25, -0.2) is 0 Å². The molecule has 0 unspecified atom stereocenters. The van der Waals surface area contributed by atoms with Gasteiger partial charge in [0.15, 0.2) is 11.5 Å².